The summed E-state index contributed by atoms with van der Waals surface area (Å²) in [6.45, 7) is 3.83. The molecule has 0 aromatic heterocycles. The molecule has 14 nitrogen and oxygen atoms in total. The van der Waals surface area contributed by atoms with Crippen molar-refractivity contribution in [2.45, 2.75) is 70.1 Å². The Morgan fingerprint density at radius 1 is 0.872 bits per heavy atom. The molecule has 0 saturated carbocycles. The zero-order valence-electron chi connectivity index (χ0n) is 22.1. The molecule has 39 heavy (non-hydrogen) atoms. The van der Waals surface area contributed by atoms with Gasteiger partial charge in [-0.15, -0.1) is 0 Å². The molecule has 0 radical (unpaired) electrons. The fourth-order valence-corrected chi connectivity index (χ4v) is 3.61. The van der Waals surface area contributed by atoms with Crippen LogP contribution in [0.1, 0.15) is 45.1 Å². The fraction of sp³-hybridized carbons (Fsp3) is 0.520. The number of carbonyl (C=O) groups excluding carboxylic acids is 3. The Hall–Kier alpha value is -4.20. The number of benzene rings is 1. The second-order valence-corrected chi connectivity index (χ2v) is 9.49. The first-order chi connectivity index (χ1) is 18.3. The van der Waals surface area contributed by atoms with Crippen LogP contribution in [0, 0.1) is 5.92 Å². The zero-order chi connectivity index (χ0) is 29.5. The number of rotatable bonds is 17. The van der Waals surface area contributed by atoms with Crippen LogP contribution in [-0.4, -0.2) is 76.5 Å². The van der Waals surface area contributed by atoms with E-state index >= 15 is 0 Å². The van der Waals surface area contributed by atoms with Gasteiger partial charge in [-0.25, -0.2) is 4.79 Å². The lowest BCUT2D eigenvalue weighted by molar-refractivity contribution is -0.143. The Kier molecular flexibility index (Phi) is 14.0. The monoisotopic (exact) mass is 549 g/mol. The van der Waals surface area contributed by atoms with Gasteiger partial charge in [-0.2, -0.15) is 0 Å². The number of aliphatic carboxylic acids is 2. The molecule has 14 heteroatoms. The van der Waals surface area contributed by atoms with Crippen LogP contribution in [-0.2, 0) is 30.4 Å². The van der Waals surface area contributed by atoms with Gasteiger partial charge in [0, 0.05) is 13.0 Å². The summed E-state index contributed by atoms with van der Waals surface area (Å²) in [7, 11) is 0. The van der Waals surface area contributed by atoms with Crippen molar-refractivity contribution in [3.8, 4) is 0 Å². The normalized spacial score (nSPS) is 13.8. The summed E-state index contributed by atoms with van der Waals surface area (Å²) in [5.41, 5.74) is 17.0. The molecular formula is C25H39N7O7. The van der Waals surface area contributed by atoms with Crippen LogP contribution in [0.15, 0.2) is 35.3 Å². The fourth-order valence-electron chi connectivity index (χ4n) is 3.61. The lowest BCUT2D eigenvalue weighted by atomic mass is 10.0. The number of aliphatic imine (C=N–C) groups is 1. The van der Waals surface area contributed by atoms with E-state index in [2.05, 4.69) is 20.9 Å². The molecule has 4 atom stereocenters. The lowest BCUT2D eigenvalue weighted by Gasteiger charge is -2.25. The van der Waals surface area contributed by atoms with Gasteiger partial charge in [0.05, 0.1) is 12.5 Å². The van der Waals surface area contributed by atoms with Crippen molar-refractivity contribution in [3.63, 3.8) is 0 Å². The van der Waals surface area contributed by atoms with Gasteiger partial charge in [0.1, 0.15) is 18.1 Å². The van der Waals surface area contributed by atoms with E-state index in [4.69, 9.17) is 17.2 Å². The summed E-state index contributed by atoms with van der Waals surface area (Å²) in [6, 6.07) is 3.59. The van der Waals surface area contributed by atoms with Crippen LogP contribution in [0.25, 0.3) is 0 Å². The molecule has 0 fully saturated rings. The van der Waals surface area contributed by atoms with Gasteiger partial charge in [0.15, 0.2) is 5.96 Å². The summed E-state index contributed by atoms with van der Waals surface area (Å²) in [5, 5.41) is 26.1. The summed E-state index contributed by atoms with van der Waals surface area (Å²) >= 11 is 0. The summed E-state index contributed by atoms with van der Waals surface area (Å²) in [4.78, 5) is 65.7. The van der Waals surface area contributed by atoms with Gasteiger partial charge in [-0.3, -0.25) is 24.2 Å². The Morgan fingerprint density at radius 2 is 1.44 bits per heavy atom. The molecule has 1 aromatic carbocycles. The summed E-state index contributed by atoms with van der Waals surface area (Å²) in [5.74, 6) is -5.22. The molecule has 4 unspecified atom stereocenters. The maximum atomic E-state index is 13.1. The number of carbonyl (C=O) groups is 5. The smallest absolute Gasteiger partial charge is 0.326 e. The molecule has 0 spiro atoms. The second-order valence-electron chi connectivity index (χ2n) is 9.49. The number of hydrogen-bond acceptors (Lipinski definition) is 7. The van der Waals surface area contributed by atoms with E-state index in [0.29, 0.717) is 12.0 Å². The molecule has 0 saturated heterocycles. The van der Waals surface area contributed by atoms with E-state index in [0.717, 1.165) is 0 Å². The van der Waals surface area contributed by atoms with Crippen LogP contribution in [0.4, 0.5) is 0 Å². The van der Waals surface area contributed by atoms with E-state index in [1.807, 2.05) is 0 Å². The largest absolute Gasteiger partial charge is 0.481 e. The number of nitrogens with two attached hydrogens (primary N) is 3. The number of nitrogens with zero attached hydrogens (tertiary/aromatic N) is 1. The van der Waals surface area contributed by atoms with E-state index < -0.39 is 60.2 Å². The highest BCUT2D eigenvalue weighted by Gasteiger charge is 2.31. The maximum Gasteiger partial charge on any atom is 0.326 e. The second kappa shape index (κ2) is 16.6. The van der Waals surface area contributed by atoms with Gasteiger partial charge in [0.2, 0.25) is 17.7 Å². The number of nitrogens with one attached hydrogen (secondary N) is 3. The van der Waals surface area contributed by atoms with Crippen LogP contribution >= 0.6 is 0 Å². The topological polar surface area (TPSA) is 252 Å². The predicted molar refractivity (Wildman–Crippen MR) is 143 cm³/mol. The minimum atomic E-state index is -1.55. The van der Waals surface area contributed by atoms with Crippen LogP contribution < -0.4 is 33.2 Å². The van der Waals surface area contributed by atoms with Gasteiger partial charge < -0.3 is 43.4 Å². The summed E-state index contributed by atoms with van der Waals surface area (Å²) < 4.78 is 0. The average molecular weight is 550 g/mol. The molecule has 0 heterocycles. The molecule has 0 aliphatic rings. The maximum absolute atomic E-state index is 13.1. The molecule has 3 amide bonds. The van der Waals surface area contributed by atoms with Gasteiger partial charge in [-0.1, -0.05) is 44.2 Å². The molecule has 0 aliphatic carbocycles. The average Bonchev–Trinajstić information content (AvgIpc) is 2.84. The van der Waals surface area contributed by atoms with Gasteiger partial charge in [-0.05, 0) is 30.7 Å². The van der Waals surface area contributed by atoms with Crippen molar-refractivity contribution < 1.29 is 34.2 Å². The molecule has 0 aliphatic heterocycles. The first-order valence-electron chi connectivity index (χ1n) is 12.5. The van der Waals surface area contributed by atoms with Crippen molar-refractivity contribution in [2.75, 3.05) is 6.54 Å². The van der Waals surface area contributed by atoms with Crippen LogP contribution in [0.3, 0.4) is 0 Å². The summed E-state index contributed by atoms with van der Waals surface area (Å²) in [6.07, 6.45) is -0.0996. The van der Waals surface area contributed by atoms with Crippen molar-refractivity contribution in [3.05, 3.63) is 35.9 Å². The Morgan fingerprint density at radius 3 is 1.97 bits per heavy atom. The number of amides is 3. The van der Waals surface area contributed by atoms with E-state index in [1.54, 1.807) is 44.2 Å². The minimum absolute atomic E-state index is 0.00945. The van der Waals surface area contributed by atoms with E-state index in [9.17, 15) is 34.2 Å². The molecule has 1 aromatic rings. The predicted octanol–water partition coefficient (Wildman–Crippen LogP) is -1.33. The van der Waals surface area contributed by atoms with Crippen molar-refractivity contribution in [2.24, 2.45) is 28.1 Å². The number of hydrogen-bond donors (Lipinski definition) is 8. The first kappa shape index (κ1) is 32.8. The first-order valence-corrected chi connectivity index (χ1v) is 12.5. The SMILES string of the molecule is CC(C)CC(NC(=O)C(Cc1ccccc1)NC(=O)C(CC(=O)O)NC(=O)C(N)CCCN=C(N)N)C(=O)O. The highest BCUT2D eigenvalue weighted by Crippen LogP contribution is 2.09. The van der Waals surface area contributed by atoms with Crippen molar-refractivity contribution >= 4 is 35.6 Å². The standard InChI is InChI=1S/C25H39N7O7/c1-14(2)11-19(24(38)39)32-22(36)17(12-15-7-4-3-5-8-15)31-23(37)18(13-20(33)34)30-21(35)16(26)9-6-10-29-25(27)28/h3-5,7-8,14,16-19H,6,9-13,26H2,1-2H3,(H,30,35)(H,31,37)(H,32,36)(H,33,34)(H,38,39)(H4,27,28,29). The zero-order valence-corrected chi connectivity index (χ0v) is 22.1. The van der Waals surface area contributed by atoms with Crippen molar-refractivity contribution in [1.29, 1.82) is 0 Å². The Bertz CT molecular complexity index is 1010. The van der Waals surface area contributed by atoms with E-state index in [-0.39, 0.29) is 37.7 Å². The molecule has 1 rings (SSSR count). The Balaban J connectivity index is 3.05. The molecule has 216 valence electrons. The molecule has 0 bridgehead atoms. The highest BCUT2D eigenvalue weighted by molar-refractivity contribution is 5.95. The third kappa shape index (κ3) is 13.2. The minimum Gasteiger partial charge on any atom is -0.481 e. The van der Waals surface area contributed by atoms with Crippen molar-refractivity contribution in [1.82, 2.24) is 16.0 Å². The quantitative estimate of drug-likeness (QED) is 0.0645. The van der Waals surface area contributed by atoms with Crippen LogP contribution in [0.5, 0.6) is 0 Å². The van der Waals surface area contributed by atoms with Crippen LogP contribution in [0.2, 0.25) is 0 Å². The third-order valence-electron chi connectivity index (χ3n) is 5.55. The van der Waals surface area contributed by atoms with Gasteiger partial charge >= 0.3 is 11.9 Å². The van der Waals surface area contributed by atoms with E-state index in [1.165, 1.54) is 0 Å². The number of carboxylic acid groups (broad SMARTS) is 2. The third-order valence-corrected chi connectivity index (χ3v) is 5.55. The highest BCUT2D eigenvalue weighted by atomic mass is 16.4. The lowest BCUT2D eigenvalue weighted by Crippen LogP contribution is -2.58. The Labute approximate surface area is 226 Å². The number of carboxylic acids is 2. The number of guanidine groups is 1. The van der Waals surface area contributed by atoms with Gasteiger partial charge in [0.25, 0.3) is 0 Å². The molecular weight excluding hydrogens is 510 g/mol. The molecule has 11 N–H and O–H groups in total.